The zero-order chi connectivity index (χ0) is 13.1. The van der Waals surface area contributed by atoms with Crippen LogP contribution in [0.25, 0.3) is 0 Å². The van der Waals surface area contributed by atoms with Crippen molar-refractivity contribution in [1.82, 2.24) is 5.32 Å². The van der Waals surface area contributed by atoms with Gasteiger partial charge in [0.05, 0.1) is 0 Å². The molecule has 0 heterocycles. The van der Waals surface area contributed by atoms with E-state index in [4.69, 9.17) is 0 Å². The molecule has 1 aliphatic rings. The number of benzene rings is 1. The summed E-state index contributed by atoms with van der Waals surface area (Å²) < 4.78 is 0. The molecular weight excluding hydrogens is 222 g/mol. The third-order valence-corrected chi connectivity index (χ3v) is 4.17. The van der Waals surface area contributed by atoms with E-state index in [1.165, 1.54) is 24.8 Å². The second-order valence-corrected chi connectivity index (χ2v) is 5.98. The zero-order valence-electron chi connectivity index (χ0n) is 11.7. The van der Waals surface area contributed by atoms with Crippen LogP contribution in [0.15, 0.2) is 18.2 Å². The Labute approximate surface area is 110 Å². The smallest absolute Gasteiger partial charge is 0.120 e. The minimum Gasteiger partial charge on any atom is -0.508 e. The van der Waals surface area contributed by atoms with Crippen molar-refractivity contribution in [2.45, 2.75) is 46.1 Å². The van der Waals surface area contributed by atoms with Crippen LogP contribution in [-0.4, -0.2) is 11.7 Å². The van der Waals surface area contributed by atoms with Crippen molar-refractivity contribution in [3.05, 3.63) is 29.3 Å². The van der Waals surface area contributed by atoms with Gasteiger partial charge in [-0.3, -0.25) is 0 Å². The summed E-state index contributed by atoms with van der Waals surface area (Å²) in [5, 5.41) is 13.5. The minimum atomic E-state index is 0.223. The van der Waals surface area contributed by atoms with E-state index in [1.54, 1.807) is 6.07 Å². The van der Waals surface area contributed by atoms with E-state index in [2.05, 4.69) is 32.2 Å². The summed E-state index contributed by atoms with van der Waals surface area (Å²) in [6.45, 7) is 7.61. The third-order valence-electron chi connectivity index (χ3n) is 4.17. The van der Waals surface area contributed by atoms with Crippen LogP contribution in [0.3, 0.4) is 0 Å². The summed E-state index contributed by atoms with van der Waals surface area (Å²) in [7, 11) is 0. The third kappa shape index (κ3) is 3.26. The minimum absolute atomic E-state index is 0.223. The molecule has 0 spiro atoms. The van der Waals surface area contributed by atoms with Crippen LogP contribution in [0, 0.1) is 18.8 Å². The number of nitrogens with one attached hydrogen (secondary N) is 1. The van der Waals surface area contributed by atoms with Crippen LogP contribution in [-0.2, 0) is 0 Å². The highest BCUT2D eigenvalue weighted by Crippen LogP contribution is 2.31. The number of phenolic OH excluding ortho intramolecular Hbond substituents is 1. The normalized spacial score (nSPS) is 25.3. The highest BCUT2D eigenvalue weighted by atomic mass is 16.3. The number of hydrogen-bond acceptors (Lipinski definition) is 2. The van der Waals surface area contributed by atoms with E-state index in [0.29, 0.717) is 5.75 Å². The number of rotatable bonds is 4. The fourth-order valence-corrected chi connectivity index (χ4v) is 2.98. The number of aryl methyl sites for hydroxylation is 1. The van der Waals surface area contributed by atoms with Crippen molar-refractivity contribution in [3.8, 4) is 5.75 Å². The average Bonchev–Trinajstić information content (AvgIpc) is 2.75. The van der Waals surface area contributed by atoms with Crippen LogP contribution >= 0.6 is 0 Å². The van der Waals surface area contributed by atoms with Crippen molar-refractivity contribution in [3.63, 3.8) is 0 Å². The summed E-state index contributed by atoms with van der Waals surface area (Å²) in [6.07, 6.45) is 4.07. The van der Waals surface area contributed by atoms with E-state index < -0.39 is 0 Å². The summed E-state index contributed by atoms with van der Waals surface area (Å²) in [5.74, 6) is 2.11. The summed E-state index contributed by atoms with van der Waals surface area (Å²) in [6, 6.07) is 6.04. The lowest BCUT2D eigenvalue weighted by Crippen LogP contribution is -2.24. The molecule has 100 valence electrons. The van der Waals surface area contributed by atoms with Gasteiger partial charge in [0.2, 0.25) is 0 Å². The molecule has 2 nitrogen and oxygen atoms in total. The van der Waals surface area contributed by atoms with E-state index in [0.717, 1.165) is 23.9 Å². The Kier molecular flexibility index (Phi) is 4.28. The molecule has 0 aliphatic heterocycles. The first-order chi connectivity index (χ1) is 8.56. The van der Waals surface area contributed by atoms with Crippen LogP contribution in [0.5, 0.6) is 5.75 Å². The molecule has 0 amide bonds. The van der Waals surface area contributed by atoms with Crippen molar-refractivity contribution >= 4 is 0 Å². The molecule has 0 radical (unpaired) electrons. The lowest BCUT2D eigenvalue weighted by atomic mass is 10.0. The van der Waals surface area contributed by atoms with Crippen molar-refractivity contribution in [1.29, 1.82) is 0 Å². The van der Waals surface area contributed by atoms with Crippen molar-refractivity contribution in [2.75, 3.05) is 6.54 Å². The quantitative estimate of drug-likeness (QED) is 0.848. The van der Waals surface area contributed by atoms with E-state index in [-0.39, 0.29) is 6.04 Å². The van der Waals surface area contributed by atoms with Crippen LogP contribution in [0.2, 0.25) is 0 Å². The van der Waals surface area contributed by atoms with Gasteiger partial charge in [-0.2, -0.15) is 0 Å². The van der Waals surface area contributed by atoms with Gasteiger partial charge in [-0.15, -0.1) is 0 Å². The number of hydrogen-bond donors (Lipinski definition) is 2. The van der Waals surface area contributed by atoms with Gasteiger partial charge in [0, 0.05) is 11.6 Å². The second kappa shape index (κ2) is 5.75. The van der Waals surface area contributed by atoms with E-state index >= 15 is 0 Å². The predicted molar refractivity (Wildman–Crippen MR) is 75.8 cm³/mol. The maximum absolute atomic E-state index is 9.90. The molecule has 3 atom stereocenters. The van der Waals surface area contributed by atoms with E-state index in [1.807, 2.05) is 6.07 Å². The summed E-state index contributed by atoms with van der Waals surface area (Å²) in [5.41, 5.74) is 2.21. The van der Waals surface area contributed by atoms with Gasteiger partial charge >= 0.3 is 0 Å². The maximum atomic E-state index is 9.90. The highest BCUT2D eigenvalue weighted by molar-refractivity contribution is 5.37. The first-order valence-corrected chi connectivity index (χ1v) is 7.09. The molecule has 1 saturated carbocycles. The fraction of sp³-hybridized carbons (Fsp3) is 0.625. The molecule has 3 unspecified atom stereocenters. The summed E-state index contributed by atoms with van der Waals surface area (Å²) >= 11 is 0. The number of aromatic hydroxyl groups is 1. The Balaban J connectivity index is 1.91. The molecule has 1 aromatic carbocycles. The Hall–Kier alpha value is -1.02. The molecule has 0 aromatic heterocycles. The molecule has 0 bridgehead atoms. The summed E-state index contributed by atoms with van der Waals surface area (Å²) in [4.78, 5) is 0. The van der Waals surface area contributed by atoms with Crippen LogP contribution in [0.1, 0.15) is 50.3 Å². The van der Waals surface area contributed by atoms with Gasteiger partial charge in [-0.1, -0.05) is 31.0 Å². The first kappa shape index (κ1) is 13.4. The Bertz CT molecular complexity index is 402. The fourth-order valence-electron chi connectivity index (χ4n) is 2.98. The molecule has 2 heteroatoms. The van der Waals surface area contributed by atoms with E-state index in [9.17, 15) is 5.11 Å². The predicted octanol–water partition coefficient (Wildman–Crippen LogP) is 3.79. The topological polar surface area (TPSA) is 32.3 Å². The molecule has 2 rings (SSSR count). The van der Waals surface area contributed by atoms with Gasteiger partial charge in [-0.05, 0) is 51.1 Å². The van der Waals surface area contributed by atoms with Gasteiger partial charge in [0.1, 0.15) is 5.75 Å². The van der Waals surface area contributed by atoms with Crippen molar-refractivity contribution in [2.24, 2.45) is 11.8 Å². The molecule has 1 aliphatic carbocycles. The van der Waals surface area contributed by atoms with Crippen LogP contribution < -0.4 is 5.32 Å². The SMILES string of the molecule is Cc1ccc(O)c(C(C)NCC2CCC(C)C2)c1. The van der Waals surface area contributed by atoms with Gasteiger partial charge < -0.3 is 10.4 Å². The zero-order valence-corrected chi connectivity index (χ0v) is 11.7. The molecular formula is C16H25NO. The monoisotopic (exact) mass is 247 g/mol. The number of phenols is 1. The van der Waals surface area contributed by atoms with Crippen LogP contribution in [0.4, 0.5) is 0 Å². The molecule has 0 saturated heterocycles. The molecule has 2 N–H and O–H groups in total. The maximum Gasteiger partial charge on any atom is 0.120 e. The van der Waals surface area contributed by atoms with Crippen molar-refractivity contribution < 1.29 is 5.11 Å². The Morgan fingerprint density at radius 3 is 2.83 bits per heavy atom. The van der Waals surface area contributed by atoms with Gasteiger partial charge in [0.15, 0.2) is 0 Å². The lowest BCUT2D eigenvalue weighted by molar-refractivity contribution is 0.421. The molecule has 18 heavy (non-hydrogen) atoms. The standard InChI is InChI=1S/C16H25NO/c1-11-4-6-14(8-11)10-17-13(3)15-9-12(2)5-7-16(15)18/h5,7,9,11,13-14,17-18H,4,6,8,10H2,1-3H3. The highest BCUT2D eigenvalue weighted by Gasteiger charge is 2.21. The van der Waals surface area contributed by atoms with Gasteiger partial charge in [0.25, 0.3) is 0 Å². The molecule has 1 aromatic rings. The average molecular weight is 247 g/mol. The Morgan fingerprint density at radius 1 is 1.39 bits per heavy atom. The lowest BCUT2D eigenvalue weighted by Gasteiger charge is -2.19. The molecule has 1 fully saturated rings. The van der Waals surface area contributed by atoms with Gasteiger partial charge in [-0.25, -0.2) is 0 Å². The second-order valence-electron chi connectivity index (χ2n) is 5.98. The first-order valence-electron chi connectivity index (χ1n) is 7.09. The Morgan fingerprint density at radius 2 is 2.17 bits per heavy atom. The largest absolute Gasteiger partial charge is 0.508 e.